The summed E-state index contributed by atoms with van der Waals surface area (Å²) in [6.45, 7) is 0.312. The molecule has 0 amide bonds. The van der Waals surface area contributed by atoms with Crippen molar-refractivity contribution in [1.82, 2.24) is 0 Å². The van der Waals surface area contributed by atoms with Gasteiger partial charge in [-0.25, -0.2) is 0 Å². The predicted molar refractivity (Wildman–Crippen MR) is 119 cm³/mol. The molecular formula is C25H16ClN3O4. The van der Waals surface area contributed by atoms with E-state index in [0.29, 0.717) is 33.6 Å². The van der Waals surface area contributed by atoms with E-state index in [1.54, 1.807) is 36.4 Å². The molecule has 0 aromatic heterocycles. The van der Waals surface area contributed by atoms with Gasteiger partial charge in [0.05, 0.1) is 22.6 Å². The first-order chi connectivity index (χ1) is 16.1. The first kappa shape index (κ1) is 20.6. The lowest BCUT2D eigenvalue weighted by atomic mass is 9.83. The van der Waals surface area contributed by atoms with Gasteiger partial charge in [0, 0.05) is 17.2 Å². The second-order valence-electron chi connectivity index (χ2n) is 7.42. The molecule has 0 radical (unpaired) electrons. The van der Waals surface area contributed by atoms with Gasteiger partial charge >= 0.3 is 0 Å². The molecule has 0 bridgehead atoms. The summed E-state index contributed by atoms with van der Waals surface area (Å²) in [6.07, 6.45) is 0. The number of allylic oxidation sites excluding steroid dienone is 1. The predicted octanol–water partition coefficient (Wildman–Crippen LogP) is 4.74. The van der Waals surface area contributed by atoms with Crippen molar-refractivity contribution in [2.75, 3.05) is 6.79 Å². The fourth-order valence-corrected chi connectivity index (χ4v) is 4.16. The minimum atomic E-state index is -0.501. The molecule has 1 unspecified atom stereocenters. The minimum Gasteiger partial charge on any atom is -0.487 e. The van der Waals surface area contributed by atoms with Crippen LogP contribution < -0.4 is 24.7 Å². The molecule has 0 aliphatic carbocycles. The lowest BCUT2D eigenvalue weighted by Gasteiger charge is -2.27. The molecule has 2 N–H and O–H groups in total. The number of fused-ring (bicyclic) bond motifs is 2. The maximum absolute atomic E-state index is 9.79. The number of nitrogens with zero attached hydrogens (tertiary/aromatic N) is 2. The Kier molecular flexibility index (Phi) is 5.18. The van der Waals surface area contributed by atoms with E-state index in [2.05, 4.69) is 12.1 Å². The molecule has 7 nitrogen and oxygen atoms in total. The molecule has 0 fully saturated rings. The van der Waals surface area contributed by atoms with Crippen molar-refractivity contribution < 1.29 is 18.9 Å². The van der Waals surface area contributed by atoms with E-state index in [1.165, 1.54) is 0 Å². The number of halogens is 1. The summed E-state index contributed by atoms with van der Waals surface area (Å²) < 4.78 is 22.5. The molecule has 3 aromatic carbocycles. The van der Waals surface area contributed by atoms with Crippen LogP contribution in [0.3, 0.4) is 0 Å². The van der Waals surface area contributed by atoms with Gasteiger partial charge in [0.25, 0.3) is 0 Å². The summed E-state index contributed by atoms with van der Waals surface area (Å²) in [6, 6.07) is 20.3. The van der Waals surface area contributed by atoms with Gasteiger partial charge in [-0.2, -0.15) is 10.5 Å². The van der Waals surface area contributed by atoms with E-state index < -0.39 is 5.92 Å². The van der Waals surface area contributed by atoms with Crippen molar-refractivity contribution in [3.63, 3.8) is 0 Å². The molecule has 0 spiro atoms. The van der Waals surface area contributed by atoms with Crippen LogP contribution in [0.2, 0.25) is 5.02 Å². The van der Waals surface area contributed by atoms with Gasteiger partial charge < -0.3 is 24.7 Å². The summed E-state index contributed by atoms with van der Waals surface area (Å²) in [7, 11) is 0. The molecule has 0 saturated heterocycles. The van der Waals surface area contributed by atoms with E-state index >= 15 is 0 Å². The Morgan fingerprint density at radius 2 is 1.79 bits per heavy atom. The zero-order valence-electron chi connectivity index (χ0n) is 17.2. The third-order valence-electron chi connectivity index (χ3n) is 5.52. The Labute approximate surface area is 194 Å². The lowest BCUT2D eigenvalue weighted by molar-refractivity contribution is 0.174. The maximum atomic E-state index is 9.79. The summed E-state index contributed by atoms with van der Waals surface area (Å²) in [4.78, 5) is 0. The fraction of sp³-hybridized carbons (Fsp3) is 0.120. The Morgan fingerprint density at radius 1 is 1.00 bits per heavy atom. The van der Waals surface area contributed by atoms with E-state index in [9.17, 15) is 10.5 Å². The normalized spacial score (nSPS) is 15.8. The van der Waals surface area contributed by atoms with Gasteiger partial charge in [0.2, 0.25) is 12.7 Å². The highest BCUT2D eigenvalue weighted by atomic mass is 35.5. The quantitative estimate of drug-likeness (QED) is 0.602. The van der Waals surface area contributed by atoms with Crippen molar-refractivity contribution in [2.24, 2.45) is 5.73 Å². The summed E-state index contributed by atoms with van der Waals surface area (Å²) in [5.41, 5.74) is 9.10. The highest BCUT2D eigenvalue weighted by molar-refractivity contribution is 6.32. The van der Waals surface area contributed by atoms with Crippen LogP contribution >= 0.6 is 11.6 Å². The molecule has 2 heterocycles. The monoisotopic (exact) mass is 457 g/mol. The van der Waals surface area contributed by atoms with Gasteiger partial charge in [-0.15, -0.1) is 0 Å². The smallest absolute Gasteiger partial charge is 0.231 e. The fourth-order valence-electron chi connectivity index (χ4n) is 3.91. The van der Waals surface area contributed by atoms with Crippen LogP contribution in [0.5, 0.6) is 23.0 Å². The van der Waals surface area contributed by atoms with Crippen LogP contribution in [0.15, 0.2) is 66.1 Å². The molecule has 0 saturated carbocycles. The summed E-state index contributed by atoms with van der Waals surface area (Å²) in [5, 5.41) is 19.4. The Balaban J connectivity index is 1.49. The van der Waals surface area contributed by atoms with Crippen LogP contribution in [0.1, 0.15) is 28.2 Å². The molecule has 3 aromatic rings. The third-order valence-corrected chi connectivity index (χ3v) is 5.82. The minimum absolute atomic E-state index is 0.0263. The van der Waals surface area contributed by atoms with E-state index in [4.69, 9.17) is 36.3 Å². The van der Waals surface area contributed by atoms with Crippen LogP contribution in [-0.2, 0) is 6.61 Å². The summed E-state index contributed by atoms with van der Waals surface area (Å²) >= 11 is 6.54. The largest absolute Gasteiger partial charge is 0.487 e. The van der Waals surface area contributed by atoms with Crippen LogP contribution in [0.25, 0.3) is 0 Å². The number of nitrogens with two attached hydrogens (primary N) is 1. The van der Waals surface area contributed by atoms with Gasteiger partial charge in [-0.05, 0) is 29.8 Å². The Morgan fingerprint density at radius 3 is 2.55 bits per heavy atom. The highest BCUT2D eigenvalue weighted by Crippen LogP contribution is 2.48. The molecule has 2 aliphatic rings. The first-order valence-corrected chi connectivity index (χ1v) is 10.4. The van der Waals surface area contributed by atoms with Gasteiger partial charge in [0.15, 0.2) is 11.5 Å². The molecule has 162 valence electrons. The first-order valence-electron chi connectivity index (χ1n) is 10.0. The Bertz CT molecular complexity index is 1390. The van der Waals surface area contributed by atoms with E-state index in [1.807, 2.05) is 18.2 Å². The van der Waals surface area contributed by atoms with E-state index in [0.717, 1.165) is 16.7 Å². The van der Waals surface area contributed by atoms with Crippen molar-refractivity contribution in [3.05, 3.63) is 93.3 Å². The number of benzene rings is 3. The average molecular weight is 458 g/mol. The van der Waals surface area contributed by atoms with Crippen LogP contribution in [-0.4, -0.2) is 6.79 Å². The second kappa shape index (κ2) is 8.31. The number of rotatable bonds is 4. The van der Waals surface area contributed by atoms with Gasteiger partial charge in [-0.3, -0.25) is 0 Å². The van der Waals surface area contributed by atoms with E-state index in [-0.39, 0.29) is 24.9 Å². The van der Waals surface area contributed by atoms with Crippen LogP contribution in [0, 0.1) is 22.7 Å². The van der Waals surface area contributed by atoms with Crippen molar-refractivity contribution in [2.45, 2.75) is 12.5 Å². The third kappa shape index (κ3) is 3.65. The highest BCUT2D eigenvalue weighted by Gasteiger charge is 2.33. The standard InChI is InChI=1S/C25H16ClN3O4/c26-19-7-14(5-6-20(19)30-12-16-4-2-1-3-15(16)10-27)24-17-8-22-23(32-13-31-22)9-21(17)33-25(29)18(24)11-28/h1-9,24H,12-13,29H2. The molecule has 33 heavy (non-hydrogen) atoms. The van der Waals surface area contributed by atoms with Crippen LogP contribution in [0.4, 0.5) is 0 Å². The number of nitriles is 2. The number of hydrogen-bond acceptors (Lipinski definition) is 7. The van der Waals surface area contributed by atoms with Crippen molar-refractivity contribution >= 4 is 11.6 Å². The lowest BCUT2D eigenvalue weighted by Crippen LogP contribution is -2.21. The topological polar surface area (TPSA) is 111 Å². The zero-order valence-corrected chi connectivity index (χ0v) is 17.9. The van der Waals surface area contributed by atoms with Crippen molar-refractivity contribution in [1.29, 1.82) is 10.5 Å². The maximum Gasteiger partial charge on any atom is 0.231 e. The zero-order chi connectivity index (χ0) is 22.9. The number of ether oxygens (including phenoxy) is 4. The molecule has 2 aliphatic heterocycles. The molecule has 5 rings (SSSR count). The number of hydrogen-bond donors (Lipinski definition) is 1. The molecule has 1 atom stereocenters. The van der Waals surface area contributed by atoms with Gasteiger partial charge in [0.1, 0.15) is 29.7 Å². The summed E-state index contributed by atoms with van der Waals surface area (Å²) in [5.74, 6) is 1.60. The second-order valence-corrected chi connectivity index (χ2v) is 7.82. The average Bonchev–Trinajstić information content (AvgIpc) is 3.28. The van der Waals surface area contributed by atoms with Crippen molar-refractivity contribution in [3.8, 4) is 35.1 Å². The molecular weight excluding hydrogens is 442 g/mol. The SMILES string of the molecule is N#CC1=C(N)Oc2cc3c(cc2C1c1ccc(OCc2ccccc2C#N)c(Cl)c1)OCO3. The van der Waals surface area contributed by atoms with Gasteiger partial charge in [-0.1, -0.05) is 35.9 Å². The Hall–Kier alpha value is -4.33. The molecule has 8 heteroatoms.